The van der Waals surface area contributed by atoms with Crippen molar-refractivity contribution < 1.29 is 9.15 Å². The van der Waals surface area contributed by atoms with E-state index < -0.39 is 0 Å². The zero-order chi connectivity index (χ0) is 21.4. The quantitative estimate of drug-likeness (QED) is 0.522. The van der Waals surface area contributed by atoms with Gasteiger partial charge in [-0.1, -0.05) is 32.9 Å². The highest BCUT2D eigenvalue weighted by Crippen LogP contribution is 2.23. The molecule has 0 fully saturated rings. The summed E-state index contributed by atoms with van der Waals surface area (Å²) in [5.41, 5.74) is 1.15. The molecule has 2 aromatic rings. The molecule has 0 saturated carbocycles. The standard InChI is InChI=1S/C22H35N5O2/c1-8-23-21(26-15-20-24-14-19(29-20)22(2,3)4)25-13-18(27(5)6)16-9-11-17(28-7)12-10-16/h9-12,14,18H,8,13,15H2,1-7H3,(H2,23,25,26). The first-order valence-electron chi connectivity index (χ1n) is 10.0. The van der Waals surface area contributed by atoms with E-state index >= 15 is 0 Å². The number of nitrogens with zero attached hydrogens (tertiary/aromatic N) is 3. The molecule has 7 nitrogen and oxygen atoms in total. The summed E-state index contributed by atoms with van der Waals surface area (Å²) in [7, 11) is 5.82. The fraction of sp³-hybridized carbons (Fsp3) is 0.545. The Morgan fingerprint density at radius 1 is 1.21 bits per heavy atom. The molecule has 2 rings (SSSR count). The topological polar surface area (TPSA) is 74.9 Å². The minimum Gasteiger partial charge on any atom is -0.497 e. The molecule has 0 aliphatic carbocycles. The van der Waals surface area contributed by atoms with Crippen LogP contribution in [0.4, 0.5) is 0 Å². The molecular formula is C22H35N5O2. The fourth-order valence-corrected chi connectivity index (χ4v) is 2.84. The minimum absolute atomic E-state index is 0.0605. The van der Waals surface area contributed by atoms with Gasteiger partial charge in [0.25, 0.3) is 0 Å². The lowest BCUT2D eigenvalue weighted by Crippen LogP contribution is -2.41. The number of aliphatic imine (C=N–C) groups is 1. The molecular weight excluding hydrogens is 366 g/mol. The Bertz CT molecular complexity index is 775. The lowest BCUT2D eigenvalue weighted by atomic mass is 9.94. The van der Waals surface area contributed by atoms with Gasteiger partial charge in [0.1, 0.15) is 18.1 Å². The third-order valence-electron chi connectivity index (χ3n) is 4.60. The molecule has 0 saturated heterocycles. The number of guanidine groups is 1. The number of ether oxygens (including phenoxy) is 1. The van der Waals surface area contributed by atoms with Crippen molar-refractivity contribution in [3.8, 4) is 5.75 Å². The number of hydrogen-bond acceptors (Lipinski definition) is 5. The molecule has 0 bridgehead atoms. The normalized spacial score (nSPS) is 13.4. The first-order chi connectivity index (χ1) is 13.7. The van der Waals surface area contributed by atoms with Crippen LogP contribution in [0.1, 0.15) is 51.0 Å². The van der Waals surface area contributed by atoms with Crippen LogP contribution >= 0.6 is 0 Å². The van der Waals surface area contributed by atoms with Crippen molar-refractivity contribution in [2.45, 2.75) is 45.7 Å². The van der Waals surface area contributed by atoms with Gasteiger partial charge < -0.3 is 24.7 Å². The number of likely N-dealkylation sites (N-methyl/N-ethyl adjacent to an activating group) is 1. The van der Waals surface area contributed by atoms with E-state index in [1.807, 2.05) is 19.1 Å². The van der Waals surface area contributed by atoms with E-state index in [2.05, 4.69) is 72.5 Å². The molecule has 0 aliphatic rings. The molecule has 1 aromatic heterocycles. The highest BCUT2D eigenvalue weighted by molar-refractivity contribution is 5.79. The van der Waals surface area contributed by atoms with Crippen molar-refractivity contribution in [2.24, 2.45) is 4.99 Å². The van der Waals surface area contributed by atoms with Gasteiger partial charge in [0.15, 0.2) is 5.96 Å². The number of nitrogens with one attached hydrogen (secondary N) is 2. The van der Waals surface area contributed by atoms with Crippen LogP contribution in [0, 0.1) is 0 Å². The average Bonchev–Trinajstić information content (AvgIpc) is 3.16. The maximum absolute atomic E-state index is 5.84. The zero-order valence-electron chi connectivity index (χ0n) is 18.7. The second kappa shape index (κ2) is 10.3. The molecule has 160 valence electrons. The molecule has 0 aliphatic heterocycles. The van der Waals surface area contributed by atoms with E-state index in [9.17, 15) is 0 Å². The summed E-state index contributed by atoms with van der Waals surface area (Å²) in [5, 5.41) is 6.72. The van der Waals surface area contributed by atoms with Crippen molar-refractivity contribution in [3.05, 3.63) is 47.7 Å². The third kappa shape index (κ3) is 6.78. The monoisotopic (exact) mass is 401 g/mol. The summed E-state index contributed by atoms with van der Waals surface area (Å²) < 4.78 is 11.1. The largest absolute Gasteiger partial charge is 0.497 e. The number of rotatable bonds is 8. The predicted molar refractivity (Wildman–Crippen MR) is 117 cm³/mol. The maximum atomic E-state index is 5.84. The molecule has 7 heteroatoms. The fourth-order valence-electron chi connectivity index (χ4n) is 2.84. The molecule has 0 amide bonds. The van der Waals surface area contributed by atoms with Gasteiger partial charge in [-0.05, 0) is 38.7 Å². The maximum Gasteiger partial charge on any atom is 0.216 e. The number of aromatic nitrogens is 1. The molecule has 0 spiro atoms. The van der Waals surface area contributed by atoms with Crippen LogP contribution in [-0.4, -0.2) is 50.1 Å². The Morgan fingerprint density at radius 3 is 2.41 bits per heavy atom. The minimum atomic E-state index is -0.0605. The lowest BCUT2D eigenvalue weighted by molar-refractivity contribution is 0.298. The van der Waals surface area contributed by atoms with Crippen LogP contribution in [-0.2, 0) is 12.0 Å². The van der Waals surface area contributed by atoms with Gasteiger partial charge in [0, 0.05) is 18.5 Å². The Kier molecular flexibility index (Phi) is 8.08. The predicted octanol–water partition coefficient (Wildman–Crippen LogP) is 3.34. The summed E-state index contributed by atoms with van der Waals surface area (Å²) in [6.07, 6.45) is 1.79. The van der Waals surface area contributed by atoms with Crippen molar-refractivity contribution in [3.63, 3.8) is 0 Å². The number of hydrogen-bond donors (Lipinski definition) is 2. The van der Waals surface area contributed by atoms with Gasteiger partial charge >= 0.3 is 0 Å². The highest BCUT2D eigenvalue weighted by atomic mass is 16.5. The third-order valence-corrected chi connectivity index (χ3v) is 4.60. The SMILES string of the molecule is CCNC(=NCc1ncc(C(C)(C)C)o1)NCC(c1ccc(OC)cc1)N(C)C. The van der Waals surface area contributed by atoms with Crippen molar-refractivity contribution in [2.75, 3.05) is 34.3 Å². The molecule has 1 unspecified atom stereocenters. The Hall–Kier alpha value is -2.54. The van der Waals surface area contributed by atoms with E-state index in [1.54, 1.807) is 13.3 Å². The summed E-state index contributed by atoms with van der Waals surface area (Å²) in [5.74, 6) is 3.08. The van der Waals surface area contributed by atoms with Crippen molar-refractivity contribution >= 4 is 5.96 Å². The van der Waals surface area contributed by atoms with Crippen LogP contribution in [0.25, 0.3) is 0 Å². The first-order valence-corrected chi connectivity index (χ1v) is 10.0. The smallest absolute Gasteiger partial charge is 0.216 e. The number of benzene rings is 1. The van der Waals surface area contributed by atoms with Gasteiger partial charge in [-0.25, -0.2) is 9.98 Å². The molecule has 2 N–H and O–H groups in total. The molecule has 1 aromatic carbocycles. The van der Waals surface area contributed by atoms with Gasteiger partial charge in [-0.15, -0.1) is 0 Å². The molecule has 1 heterocycles. The number of oxazole rings is 1. The summed E-state index contributed by atoms with van der Waals surface area (Å²) in [6.45, 7) is 10.2. The van der Waals surface area contributed by atoms with Crippen LogP contribution in [0.3, 0.4) is 0 Å². The van der Waals surface area contributed by atoms with Crippen LogP contribution in [0.5, 0.6) is 5.75 Å². The van der Waals surface area contributed by atoms with E-state index in [4.69, 9.17) is 9.15 Å². The Morgan fingerprint density at radius 2 is 1.90 bits per heavy atom. The number of methoxy groups -OCH3 is 1. The summed E-state index contributed by atoms with van der Waals surface area (Å²) >= 11 is 0. The van der Waals surface area contributed by atoms with Gasteiger partial charge in [0.05, 0.1) is 19.3 Å². The van der Waals surface area contributed by atoms with E-state index in [1.165, 1.54) is 5.56 Å². The summed E-state index contributed by atoms with van der Waals surface area (Å²) in [6, 6.07) is 8.35. The van der Waals surface area contributed by atoms with Crippen LogP contribution in [0.15, 0.2) is 39.9 Å². The Labute approximate surface area is 174 Å². The molecule has 29 heavy (non-hydrogen) atoms. The zero-order valence-corrected chi connectivity index (χ0v) is 18.7. The highest BCUT2D eigenvalue weighted by Gasteiger charge is 2.19. The van der Waals surface area contributed by atoms with Gasteiger partial charge in [-0.2, -0.15) is 0 Å². The van der Waals surface area contributed by atoms with Crippen LogP contribution in [0.2, 0.25) is 0 Å². The van der Waals surface area contributed by atoms with Gasteiger partial charge in [0.2, 0.25) is 5.89 Å². The van der Waals surface area contributed by atoms with Crippen LogP contribution < -0.4 is 15.4 Å². The van der Waals surface area contributed by atoms with Crippen molar-refractivity contribution in [1.82, 2.24) is 20.5 Å². The lowest BCUT2D eigenvalue weighted by Gasteiger charge is -2.26. The van der Waals surface area contributed by atoms with Gasteiger partial charge in [-0.3, -0.25) is 0 Å². The van der Waals surface area contributed by atoms with E-state index in [0.717, 1.165) is 24.0 Å². The Balaban J connectivity index is 2.05. The van der Waals surface area contributed by atoms with E-state index in [-0.39, 0.29) is 11.5 Å². The van der Waals surface area contributed by atoms with E-state index in [0.29, 0.717) is 19.0 Å². The van der Waals surface area contributed by atoms with Crippen molar-refractivity contribution in [1.29, 1.82) is 0 Å². The first kappa shape index (κ1) is 22.7. The second-order valence-corrected chi connectivity index (χ2v) is 8.20. The molecule has 0 radical (unpaired) electrons. The molecule has 1 atom stereocenters. The summed E-state index contributed by atoms with van der Waals surface area (Å²) in [4.78, 5) is 11.2. The average molecular weight is 402 g/mol. The second-order valence-electron chi connectivity index (χ2n) is 8.20.